The summed E-state index contributed by atoms with van der Waals surface area (Å²) < 4.78 is 45.8. The van der Waals surface area contributed by atoms with Gasteiger partial charge in [-0.2, -0.15) is 18.4 Å². The van der Waals surface area contributed by atoms with E-state index >= 15 is 0 Å². The molecule has 1 aromatic carbocycles. The molecule has 7 nitrogen and oxygen atoms in total. The minimum atomic E-state index is -5.08. The van der Waals surface area contributed by atoms with E-state index in [0.29, 0.717) is 16.8 Å². The number of aliphatic carboxylic acids is 1. The Labute approximate surface area is 161 Å². The Morgan fingerprint density at radius 2 is 1.79 bits per heavy atom. The predicted octanol–water partition coefficient (Wildman–Crippen LogP) is 3.15. The van der Waals surface area contributed by atoms with E-state index in [4.69, 9.17) is 15.6 Å². The summed E-state index contributed by atoms with van der Waals surface area (Å²) in [6, 6.07) is 13.6. The van der Waals surface area contributed by atoms with Gasteiger partial charge in [-0.15, -0.1) is 0 Å². The minimum absolute atomic E-state index is 0. The number of nitrogen functional groups attached to an aromatic ring is 1. The number of hydrogen-bond donors (Lipinski definition) is 3. The number of carboxylic acid groups (broad SMARTS) is 1. The van der Waals surface area contributed by atoms with Crippen LogP contribution in [-0.4, -0.2) is 32.7 Å². The van der Waals surface area contributed by atoms with Crippen LogP contribution in [0.2, 0.25) is 0 Å². The van der Waals surface area contributed by atoms with Crippen molar-refractivity contribution < 1.29 is 32.9 Å². The Bertz CT molecular complexity index is 1030. The van der Waals surface area contributed by atoms with Crippen molar-refractivity contribution in [1.29, 1.82) is 5.26 Å². The fraction of sp³-hybridized carbons (Fsp3) is 0.0556. The Morgan fingerprint density at radius 3 is 2.28 bits per heavy atom. The third-order valence-electron chi connectivity index (χ3n) is 3.44. The van der Waals surface area contributed by atoms with Crippen molar-refractivity contribution in [3.05, 3.63) is 60.0 Å². The number of benzene rings is 1. The number of nitrogens with zero attached hydrogens (tertiary/aromatic N) is 2. The molecule has 29 heavy (non-hydrogen) atoms. The number of alkyl halides is 3. The summed E-state index contributed by atoms with van der Waals surface area (Å²) in [4.78, 5) is 16.1. The number of hydrogen-bond acceptors (Lipinski definition) is 4. The number of aromatic nitrogens is 2. The molecule has 0 fully saturated rings. The van der Waals surface area contributed by atoms with E-state index in [-0.39, 0.29) is 16.9 Å². The molecule has 2 heterocycles. The zero-order valence-corrected chi connectivity index (χ0v) is 14.5. The van der Waals surface area contributed by atoms with Gasteiger partial charge >= 0.3 is 12.1 Å². The van der Waals surface area contributed by atoms with Crippen molar-refractivity contribution in [3.63, 3.8) is 0 Å². The van der Waals surface area contributed by atoms with Gasteiger partial charge in [0.25, 0.3) is 0 Å². The van der Waals surface area contributed by atoms with Gasteiger partial charge in [0.15, 0.2) is 0 Å². The summed E-state index contributed by atoms with van der Waals surface area (Å²) in [5, 5.41) is 16.4. The SMILES string of the molecule is N#Cc1c(-c2ccccc2F)cc(-c2ccc[nH]2)nc1N.O.O=C(O)C(F)(F)F. The highest BCUT2D eigenvalue weighted by Crippen LogP contribution is 2.31. The van der Waals surface area contributed by atoms with Crippen LogP contribution < -0.4 is 5.73 Å². The van der Waals surface area contributed by atoms with Crippen LogP contribution in [0.25, 0.3) is 22.5 Å². The summed E-state index contributed by atoms with van der Waals surface area (Å²) in [5.74, 6) is -3.08. The van der Waals surface area contributed by atoms with E-state index in [1.165, 1.54) is 6.07 Å². The summed E-state index contributed by atoms with van der Waals surface area (Å²) >= 11 is 0. The highest BCUT2D eigenvalue weighted by Gasteiger charge is 2.38. The summed E-state index contributed by atoms with van der Waals surface area (Å²) in [5.41, 5.74) is 8.12. The van der Waals surface area contributed by atoms with Crippen molar-refractivity contribution >= 4 is 11.8 Å². The molecular weight excluding hydrogens is 396 g/mol. The molecule has 0 saturated heterocycles. The number of halogens is 4. The highest BCUT2D eigenvalue weighted by atomic mass is 19.4. The topological polar surface area (TPSA) is 147 Å². The number of carboxylic acids is 1. The quantitative estimate of drug-likeness (QED) is 0.555. The molecule has 2 aromatic heterocycles. The van der Waals surface area contributed by atoms with Crippen molar-refractivity contribution in [1.82, 2.24) is 9.97 Å². The van der Waals surface area contributed by atoms with Crippen LogP contribution in [0.5, 0.6) is 0 Å². The first-order chi connectivity index (χ1) is 13.1. The lowest BCUT2D eigenvalue weighted by Crippen LogP contribution is -2.21. The van der Waals surface area contributed by atoms with Gasteiger partial charge < -0.3 is 21.3 Å². The Balaban J connectivity index is 0.000000456. The van der Waals surface area contributed by atoms with Gasteiger partial charge in [-0.1, -0.05) is 18.2 Å². The highest BCUT2D eigenvalue weighted by molar-refractivity contribution is 5.79. The molecule has 0 bridgehead atoms. The van der Waals surface area contributed by atoms with E-state index in [1.54, 1.807) is 30.5 Å². The summed E-state index contributed by atoms with van der Waals surface area (Å²) in [7, 11) is 0. The smallest absolute Gasteiger partial charge is 0.475 e. The number of carbonyl (C=O) groups is 1. The predicted molar refractivity (Wildman–Crippen MR) is 95.8 cm³/mol. The Hall–Kier alpha value is -3.91. The third-order valence-corrected chi connectivity index (χ3v) is 3.44. The first-order valence-corrected chi connectivity index (χ1v) is 7.54. The van der Waals surface area contributed by atoms with Gasteiger partial charge in [0.2, 0.25) is 0 Å². The van der Waals surface area contributed by atoms with E-state index in [0.717, 1.165) is 5.69 Å². The molecule has 152 valence electrons. The lowest BCUT2D eigenvalue weighted by molar-refractivity contribution is -0.192. The van der Waals surface area contributed by atoms with Gasteiger partial charge in [-0.25, -0.2) is 14.2 Å². The molecule has 0 unspecified atom stereocenters. The van der Waals surface area contributed by atoms with Crippen molar-refractivity contribution in [3.8, 4) is 28.6 Å². The fourth-order valence-electron chi connectivity index (χ4n) is 2.20. The van der Waals surface area contributed by atoms with Crippen LogP contribution in [0.15, 0.2) is 48.7 Å². The molecule has 0 atom stereocenters. The largest absolute Gasteiger partial charge is 0.490 e. The standard InChI is InChI=1S/C16H11FN4.C2HF3O2.H2O/c17-13-5-2-1-4-10(13)11-8-15(14-6-3-7-20-14)21-16(19)12(11)9-18;3-2(4,5)1(6)7;/h1-8,20H,(H2,19,21);(H,6,7);1H2. The number of nitrogens with one attached hydrogen (secondary N) is 1. The van der Waals surface area contributed by atoms with Crippen LogP contribution in [0, 0.1) is 17.1 Å². The Morgan fingerprint density at radius 1 is 1.17 bits per heavy atom. The van der Waals surface area contributed by atoms with Crippen LogP contribution >= 0.6 is 0 Å². The molecule has 0 amide bonds. The second-order valence-electron chi connectivity index (χ2n) is 5.29. The molecule has 0 spiro atoms. The molecule has 0 radical (unpaired) electrons. The third kappa shape index (κ3) is 5.53. The number of pyridine rings is 1. The summed E-state index contributed by atoms with van der Waals surface area (Å²) in [6.07, 6.45) is -3.33. The van der Waals surface area contributed by atoms with Gasteiger partial charge in [0.1, 0.15) is 23.3 Å². The van der Waals surface area contributed by atoms with Crippen LogP contribution in [0.1, 0.15) is 5.56 Å². The number of anilines is 1. The fourth-order valence-corrected chi connectivity index (χ4v) is 2.20. The van der Waals surface area contributed by atoms with Crippen molar-refractivity contribution in [2.45, 2.75) is 6.18 Å². The average molecular weight is 410 g/mol. The van der Waals surface area contributed by atoms with Gasteiger partial charge in [-0.05, 0) is 24.3 Å². The van der Waals surface area contributed by atoms with Crippen LogP contribution in [0.4, 0.5) is 23.4 Å². The van der Waals surface area contributed by atoms with E-state index in [9.17, 15) is 22.8 Å². The maximum atomic E-state index is 14.0. The van der Waals surface area contributed by atoms with Crippen molar-refractivity contribution in [2.75, 3.05) is 5.73 Å². The summed E-state index contributed by atoms with van der Waals surface area (Å²) in [6.45, 7) is 0. The van der Waals surface area contributed by atoms with Crippen LogP contribution in [-0.2, 0) is 4.79 Å². The number of H-pyrrole nitrogens is 1. The average Bonchev–Trinajstić information content (AvgIpc) is 3.16. The first kappa shape index (κ1) is 23.1. The van der Waals surface area contributed by atoms with E-state index in [1.807, 2.05) is 18.2 Å². The van der Waals surface area contributed by atoms with Gasteiger partial charge in [-0.3, -0.25) is 0 Å². The normalized spacial score (nSPS) is 10.2. The monoisotopic (exact) mass is 410 g/mol. The number of aromatic amines is 1. The molecule has 0 saturated carbocycles. The maximum Gasteiger partial charge on any atom is 0.490 e. The minimum Gasteiger partial charge on any atom is -0.475 e. The van der Waals surface area contributed by atoms with Crippen molar-refractivity contribution in [2.24, 2.45) is 0 Å². The molecule has 6 N–H and O–H groups in total. The van der Waals surface area contributed by atoms with Gasteiger partial charge in [0.05, 0.1) is 11.4 Å². The lowest BCUT2D eigenvalue weighted by atomic mass is 9.99. The number of nitrogens with two attached hydrogens (primary N) is 1. The first-order valence-electron chi connectivity index (χ1n) is 7.54. The maximum absolute atomic E-state index is 14.0. The lowest BCUT2D eigenvalue weighted by Gasteiger charge is -2.10. The van der Waals surface area contributed by atoms with E-state index < -0.39 is 18.0 Å². The number of nitriles is 1. The zero-order valence-electron chi connectivity index (χ0n) is 14.5. The second kappa shape index (κ2) is 9.34. The van der Waals surface area contributed by atoms with Crippen LogP contribution in [0.3, 0.4) is 0 Å². The molecule has 0 aliphatic carbocycles. The number of rotatable bonds is 2. The second-order valence-corrected chi connectivity index (χ2v) is 5.29. The molecule has 11 heteroatoms. The molecular formula is C18H14F4N4O3. The molecule has 0 aliphatic heterocycles. The molecule has 3 aromatic rings. The molecule has 0 aliphatic rings. The Kier molecular flexibility index (Phi) is 7.45. The molecule has 3 rings (SSSR count). The van der Waals surface area contributed by atoms with Gasteiger partial charge in [0, 0.05) is 17.3 Å². The zero-order chi connectivity index (χ0) is 20.9. The van der Waals surface area contributed by atoms with E-state index in [2.05, 4.69) is 9.97 Å².